The number of carbonyl (C=O) groups excluding carboxylic acids is 1. The lowest BCUT2D eigenvalue weighted by molar-refractivity contribution is -0.136. The number of hydrogen-bond donors (Lipinski definition) is 1. The Morgan fingerprint density at radius 2 is 1.92 bits per heavy atom. The number of carbonyl (C=O) groups is 1. The van der Waals surface area contributed by atoms with Crippen LogP contribution in [-0.4, -0.2) is 37.5 Å². The van der Waals surface area contributed by atoms with Crippen molar-refractivity contribution in [3.63, 3.8) is 0 Å². The van der Waals surface area contributed by atoms with Crippen LogP contribution in [0.25, 0.3) is 0 Å². The minimum absolute atomic E-state index is 0.0409. The van der Waals surface area contributed by atoms with Crippen LogP contribution in [-0.2, 0) is 4.79 Å². The molecule has 76 valence electrons. The van der Waals surface area contributed by atoms with Crippen LogP contribution in [0.3, 0.4) is 0 Å². The Hall–Kier alpha value is -0.570. The number of nitrogens with zero attached hydrogens (tertiary/aromatic N) is 1. The van der Waals surface area contributed by atoms with Crippen molar-refractivity contribution in [2.24, 2.45) is 5.41 Å². The van der Waals surface area contributed by atoms with Crippen LogP contribution in [0.2, 0.25) is 0 Å². The van der Waals surface area contributed by atoms with Crippen molar-refractivity contribution >= 4 is 5.91 Å². The molecular formula is C10H20N2O. The van der Waals surface area contributed by atoms with Crippen molar-refractivity contribution in [2.75, 3.05) is 26.7 Å². The molecule has 0 bridgehead atoms. The van der Waals surface area contributed by atoms with Gasteiger partial charge in [0.1, 0.15) is 0 Å². The van der Waals surface area contributed by atoms with Crippen LogP contribution < -0.4 is 5.32 Å². The average molecular weight is 184 g/mol. The fourth-order valence-corrected chi connectivity index (χ4v) is 1.80. The van der Waals surface area contributed by atoms with E-state index in [1.54, 1.807) is 0 Å². The van der Waals surface area contributed by atoms with E-state index in [9.17, 15) is 4.79 Å². The first kappa shape index (κ1) is 10.5. The molecule has 1 aliphatic carbocycles. The molecule has 0 radical (unpaired) electrons. The van der Waals surface area contributed by atoms with Gasteiger partial charge in [-0.1, -0.05) is 0 Å². The van der Waals surface area contributed by atoms with E-state index in [0.29, 0.717) is 5.91 Å². The van der Waals surface area contributed by atoms with Crippen molar-refractivity contribution in [3.8, 4) is 0 Å². The van der Waals surface area contributed by atoms with Crippen LogP contribution >= 0.6 is 0 Å². The van der Waals surface area contributed by atoms with Gasteiger partial charge in [0.05, 0.1) is 5.41 Å². The van der Waals surface area contributed by atoms with Crippen molar-refractivity contribution in [1.29, 1.82) is 0 Å². The number of nitrogens with one attached hydrogen (secondary N) is 1. The first-order valence-electron chi connectivity index (χ1n) is 5.14. The second-order valence-electron chi connectivity index (χ2n) is 3.79. The molecule has 0 aromatic heterocycles. The van der Waals surface area contributed by atoms with E-state index in [1.807, 2.05) is 25.8 Å². The molecule has 0 spiro atoms. The summed E-state index contributed by atoms with van der Waals surface area (Å²) < 4.78 is 0. The monoisotopic (exact) mass is 184 g/mol. The quantitative estimate of drug-likeness (QED) is 0.687. The minimum Gasteiger partial charge on any atom is -0.343 e. The third-order valence-corrected chi connectivity index (χ3v) is 2.87. The highest BCUT2D eigenvalue weighted by atomic mass is 16.2. The third-order valence-electron chi connectivity index (χ3n) is 2.87. The molecule has 1 rings (SSSR count). The lowest BCUT2D eigenvalue weighted by Crippen LogP contribution is -2.40. The standard InChI is InChI=1S/C10H20N2O/c1-4-12(5-2)9(13)10(6-7-10)8-11-3/h11H,4-8H2,1-3H3. The van der Waals surface area contributed by atoms with Crippen molar-refractivity contribution in [3.05, 3.63) is 0 Å². The van der Waals surface area contributed by atoms with E-state index < -0.39 is 0 Å². The maximum Gasteiger partial charge on any atom is 0.230 e. The van der Waals surface area contributed by atoms with Crippen molar-refractivity contribution in [1.82, 2.24) is 10.2 Å². The molecule has 13 heavy (non-hydrogen) atoms. The van der Waals surface area contributed by atoms with E-state index in [2.05, 4.69) is 5.32 Å². The highest BCUT2D eigenvalue weighted by Gasteiger charge is 2.50. The molecule has 0 heterocycles. The van der Waals surface area contributed by atoms with E-state index >= 15 is 0 Å². The number of hydrogen-bond acceptors (Lipinski definition) is 2. The van der Waals surface area contributed by atoms with E-state index in [0.717, 1.165) is 32.5 Å². The summed E-state index contributed by atoms with van der Waals surface area (Å²) in [6, 6.07) is 0. The van der Waals surface area contributed by atoms with Gasteiger partial charge in [-0.15, -0.1) is 0 Å². The van der Waals surface area contributed by atoms with Gasteiger partial charge in [0, 0.05) is 19.6 Å². The molecule has 0 atom stereocenters. The molecule has 3 nitrogen and oxygen atoms in total. The average Bonchev–Trinajstić information content (AvgIpc) is 2.88. The zero-order valence-electron chi connectivity index (χ0n) is 8.89. The molecule has 0 aromatic rings. The Labute approximate surface area is 80.5 Å². The topological polar surface area (TPSA) is 32.3 Å². The van der Waals surface area contributed by atoms with E-state index in [1.165, 1.54) is 0 Å². The SMILES string of the molecule is CCN(CC)C(=O)C1(CNC)CC1. The van der Waals surface area contributed by atoms with Gasteiger partial charge in [0.2, 0.25) is 5.91 Å². The second kappa shape index (κ2) is 4.09. The van der Waals surface area contributed by atoms with Gasteiger partial charge in [0.25, 0.3) is 0 Å². The van der Waals surface area contributed by atoms with Gasteiger partial charge in [0.15, 0.2) is 0 Å². The summed E-state index contributed by atoms with van der Waals surface area (Å²) in [5.74, 6) is 0.340. The zero-order chi connectivity index (χ0) is 9.90. The molecule has 1 aliphatic rings. The Morgan fingerprint density at radius 1 is 1.38 bits per heavy atom. The van der Waals surface area contributed by atoms with Crippen molar-refractivity contribution in [2.45, 2.75) is 26.7 Å². The smallest absolute Gasteiger partial charge is 0.230 e. The molecule has 3 heteroatoms. The summed E-state index contributed by atoms with van der Waals surface area (Å²) in [6.45, 7) is 6.58. The largest absolute Gasteiger partial charge is 0.343 e. The number of rotatable bonds is 5. The highest BCUT2D eigenvalue weighted by Crippen LogP contribution is 2.46. The van der Waals surface area contributed by atoms with Gasteiger partial charge >= 0.3 is 0 Å². The minimum atomic E-state index is -0.0409. The molecule has 1 amide bonds. The van der Waals surface area contributed by atoms with Gasteiger partial charge in [-0.3, -0.25) is 4.79 Å². The zero-order valence-corrected chi connectivity index (χ0v) is 8.89. The highest BCUT2D eigenvalue weighted by molar-refractivity contribution is 5.85. The van der Waals surface area contributed by atoms with Crippen molar-refractivity contribution < 1.29 is 4.79 Å². The Balaban J connectivity index is 2.55. The first-order chi connectivity index (χ1) is 6.20. The van der Waals surface area contributed by atoms with Gasteiger partial charge in [-0.25, -0.2) is 0 Å². The lowest BCUT2D eigenvalue weighted by Gasteiger charge is -2.24. The molecule has 0 aliphatic heterocycles. The van der Waals surface area contributed by atoms with Crippen LogP contribution in [0.1, 0.15) is 26.7 Å². The van der Waals surface area contributed by atoms with Crippen LogP contribution in [0.15, 0.2) is 0 Å². The molecule has 1 fully saturated rings. The Bertz CT molecular complexity index is 183. The molecule has 1 saturated carbocycles. The summed E-state index contributed by atoms with van der Waals surface area (Å²) in [5, 5.41) is 3.11. The van der Waals surface area contributed by atoms with Gasteiger partial charge in [-0.05, 0) is 33.7 Å². The number of amides is 1. The predicted octanol–water partition coefficient (Wildman–Crippen LogP) is 0.854. The van der Waals surface area contributed by atoms with Gasteiger partial charge < -0.3 is 10.2 Å². The summed E-state index contributed by atoms with van der Waals surface area (Å²) in [6.07, 6.45) is 2.12. The Morgan fingerprint density at radius 3 is 2.23 bits per heavy atom. The second-order valence-corrected chi connectivity index (χ2v) is 3.79. The molecule has 0 saturated heterocycles. The fraction of sp³-hybridized carbons (Fsp3) is 0.900. The molecule has 0 aromatic carbocycles. The molecule has 1 N–H and O–H groups in total. The summed E-state index contributed by atoms with van der Waals surface area (Å²) >= 11 is 0. The van der Waals surface area contributed by atoms with E-state index in [-0.39, 0.29) is 5.41 Å². The maximum absolute atomic E-state index is 12.0. The lowest BCUT2D eigenvalue weighted by atomic mass is 10.1. The predicted molar refractivity (Wildman–Crippen MR) is 53.5 cm³/mol. The summed E-state index contributed by atoms with van der Waals surface area (Å²) in [4.78, 5) is 13.9. The summed E-state index contributed by atoms with van der Waals surface area (Å²) in [7, 11) is 1.91. The molecular weight excluding hydrogens is 164 g/mol. The summed E-state index contributed by atoms with van der Waals surface area (Å²) in [5.41, 5.74) is -0.0409. The third kappa shape index (κ3) is 2.02. The van der Waals surface area contributed by atoms with E-state index in [4.69, 9.17) is 0 Å². The Kier molecular flexibility index (Phi) is 3.31. The van der Waals surface area contributed by atoms with Gasteiger partial charge in [-0.2, -0.15) is 0 Å². The fourth-order valence-electron chi connectivity index (χ4n) is 1.80. The van der Waals surface area contributed by atoms with Crippen LogP contribution in [0, 0.1) is 5.41 Å². The maximum atomic E-state index is 12.0. The normalized spacial score (nSPS) is 18.4. The first-order valence-corrected chi connectivity index (χ1v) is 5.14. The van der Waals surface area contributed by atoms with Crippen LogP contribution in [0.4, 0.5) is 0 Å². The van der Waals surface area contributed by atoms with Crippen LogP contribution in [0.5, 0.6) is 0 Å². The molecule has 0 unspecified atom stereocenters.